The highest BCUT2D eigenvalue weighted by atomic mass is 19.4. The molecule has 13 heteroatoms. The summed E-state index contributed by atoms with van der Waals surface area (Å²) in [5.41, 5.74) is -2.89. The molecule has 204 valence electrons. The number of piperidine rings is 1. The number of nitrogens with one attached hydrogen (secondary N) is 1. The summed E-state index contributed by atoms with van der Waals surface area (Å²) >= 11 is 0. The van der Waals surface area contributed by atoms with Gasteiger partial charge in [-0.3, -0.25) is 0 Å². The average Bonchev–Trinajstić information content (AvgIpc) is 3.46. The first kappa shape index (κ1) is 26.5. The van der Waals surface area contributed by atoms with Gasteiger partial charge in [0, 0.05) is 12.0 Å². The van der Waals surface area contributed by atoms with Crippen LogP contribution >= 0.6 is 0 Å². The lowest BCUT2D eigenvalue weighted by molar-refractivity contribution is -0.143. The molecule has 0 radical (unpaired) electrons. The maximum atomic E-state index is 13.3. The molecule has 2 bridgehead atoms. The fourth-order valence-corrected chi connectivity index (χ4v) is 5.55. The van der Waals surface area contributed by atoms with Crippen molar-refractivity contribution < 1.29 is 35.5 Å². The lowest BCUT2D eigenvalue weighted by Gasteiger charge is -2.42. The number of fused-ring (bicyclic) bond motifs is 2. The number of hydrogen-bond acceptors (Lipinski definition) is 5. The summed E-state index contributed by atoms with van der Waals surface area (Å²) in [6, 6.07) is 10.7. The number of rotatable bonds is 7. The molecule has 0 amide bonds. The van der Waals surface area contributed by atoms with Crippen molar-refractivity contribution in [3.63, 3.8) is 0 Å². The topological polar surface area (TPSA) is 64.9 Å². The van der Waals surface area contributed by atoms with Gasteiger partial charge in [-0.15, -0.1) is 10.2 Å². The summed E-state index contributed by atoms with van der Waals surface area (Å²) in [6.45, 7) is -1.10. The van der Waals surface area contributed by atoms with Crippen molar-refractivity contribution in [2.75, 3.05) is 6.67 Å². The van der Waals surface area contributed by atoms with E-state index in [4.69, 9.17) is 4.74 Å². The van der Waals surface area contributed by atoms with Gasteiger partial charge in [0.2, 0.25) is 0 Å². The third-order valence-electron chi connectivity index (χ3n) is 7.23. The molecule has 3 aromatic rings. The van der Waals surface area contributed by atoms with E-state index in [2.05, 4.69) is 20.7 Å². The Hall–Kier alpha value is -3.06. The molecule has 1 aromatic heterocycles. The van der Waals surface area contributed by atoms with Gasteiger partial charge in [-0.05, 0) is 53.8 Å². The molecule has 2 fully saturated rings. The summed E-state index contributed by atoms with van der Waals surface area (Å²) in [6.07, 6.45) is -8.86. The summed E-state index contributed by atoms with van der Waals surface area (Å²) in [4.78, 5) is 1.19. The van der Waals surface area contributed by atoms with Crippen LogP contribution in [-0.2, 0) is 35.8 Å². The highest BCUT2D eigenvalue weighted by Gasteiger charge is 2.55. The highest BCUT2D eigenvalue weighted by Crippen LogP contribution is 2.50. The van der Waals surface area contributed by atoms with Crippen molar-refractivity contribution in [2.45, 2.75) is 68.4 Å². The van der Waals surface area contributed by atoms with E-state index >= 15 is 0 Å². The Labute approximate surface area is 213 Å². The van der Waals surface area contributed by atoms with Crippen molar-refractivity contribution in [1.82, 2.24) is 25.5 Å². The first-order valence-corrected chi connectivity index (χ1v) is 12.1. The Morgan fingerprint density at radius 1 is 0.974 bits per heavy atom. The van der Waals surface area contributed by atoms with Gasteiger partial charge in [-0.2, -0.15) is 31.1 Å². The van der Waals surface area contributed by atoms with Gasteiger partial charge in [0.1, 0.15) is 6.67 Å². The zero-order valence-corrected chi connectivity index (χ0v) is 19.9. The van der Waals surface area contributed by atoms with Crippen LogP contribution in [0, 0.1) is 0 Å². The fraction of sp³-hybridized carbons (Fsp3) is 0.480. The minimum absolute atomic E-state index is 0.0235. The predicted octanol–water partition coefficient (Wildman–Crippen LogP) is 5.40. The standard InChI is InChI=1S/C25H24F7N5O/c26-8-9-37-35-22(34-36-37)19-13-23(16-4-2-1-3-5-16)21(7-6-20(19)33-23)38-14-15-10-17(24(27,28)29)12-18(11-15)25(30,31)32/h1-5,10-12,19-21,33H,6-9,13-14H2. The molecule has 0 aliphatic carbocycles. The van der Waals surface area contributed by atoms with E-state index in [0.29, 0.717) is 37.2 Å². The largest absolute Gasteiger partial charge is 0.416 e. The van der Waals surface area contributed by atoms with Crippen LogP contribution in [0.15, 0.2) is 48.5 Å². The minimum Gasteiger partial charge on any atom is -0.371 e. The normalized spacial score (nSPS) is 25.6. The molecular weight excluding hydrogens is 519 g/mol. The predicted molar refractivity (Wildman–Crippen MR) is 120 cm³/mol. The Morgan fingerprint density at radius 3 is 2.29 bits per heavy atom. The molecule has 2 saturated heterocycles. The molecule has 6 nitrogen and oxygen atoms in total. The van der Waals surface area contributed by atoms with Crippen LogP contribution in [-0.4, -0.2) is 39.0 Å². The van der Waals surface area contributed by atoms with Crippen LogP contribution in [0.25, 0.3) is 0 Å². The summed E-state index contributed by atoms with van der Waals surface area (Å²) < 4.78 is 98.8. The maximum Gasteiger partial charge on any atom is 0.416 e. The zero-order chi connectivity index (χ0) is 27.1. The number of ether oxygens (including phenoxy) is 1. The van der Waals surface area contributed by atoms with Crippen LogP contribution in [0.3, 0.4) is 0 Å². The van der Waals surface area contributed by atoms with Crippen LogP contribution in [0.5, 0.6) is 0 Å². The van der Waals surface area contributed by atoms with E-state index in [1.165, 1.54) is 4.80 Å². The quantitative estimate of drug-likeness (QED) is 0.405. The number of alkyl halides is 7. The van der Waals surface area contributed by atoms with Crippen LogP contribution < -0.4 is 5.32 Å². The van der Waals surface area contributed by atoms with E-state index in [0.717, 1.165) is 5.56 Å². The first-order chi connectivity index (χ1) is 18.0. The van der Waals surface area contributed by atoms with Gasteiger partial charge < -0.3 is 10.1 Å². The number of tetrazole rings is 1. The van der Waals surface area contributed by atoms with Crippen molar-refractivity contribution >= 4 is 0 Å². The molecular formula is C25H24F7N5O. The van der Waals surface area contributed by atoms with Crippen LogP contribution in [0.2, 0.25) is 0 Å². The van der Waals surface area contributed by atoms with Gasteiger partial charge >= 0.3 is 12.4 Å². The van der Waals surface area contributed by atoms with Gasteiger partial charge in [0.25, 0.3) is 0 Å². The summed E-state index contributed by atoms with van der Waals surface area (Å²) in [7, 11) is 0. The Balaban J connectivity index is 1.44. The van der Waals surface area contributed by atoms with Crippen LogP contribution in [0.1, 0.15) is 53.3 Å². The molecule has 2 aliphatic heterocycles. The van der Waals surface area contributed by atoms with E-state index in [9.17, 15) is 30.7 Å². The number of aromatic nitrogens is 4. The van der Waals surface area contributed by atoms with Crippen molar-refractivity contribution in [3.05, 3.63) is 76.6 Å². The lowest BCUT2D eigenvalue weighted by Crippen LogP contribution is -2.54. The number of aryl methyl sites for hydroxylation is 1. The fourth-order valence-electron chi connectivity index (χ4n) is 5.55. The Bertz CT molecular complexity index is 1230. The highest BCUT2D eigenvalue weighted by molar-refractivity contribution is 5.35. The SMILES string of the molecule is FCCn1nnc(C2CC3(c4ccccc4)NC2CCC3OCc2cc(C(F)(F)F)cc(C(F)(F)F)c2)n1. The molecule has 4 atom stereocenters. The molecule has 5 rings (SSSR count). The molecule has 0 saturated carbocycles. The van der Waals surface area contributed by atoms with Gasteiger partial charge in [0.05, 0.1) is 35.9 Å². The lowest BCUT2D eigenvalue weighted by atomic mass is 9.80. The zero-order valence-electron chi connectivity index (χ0n) is 19.9. The number of halogens is 7. The third-order valence-corrected chi connectivity index (χ3v) is 7.23. The van der Waals surface area contributed by atoms with Crippen LogP contribution in [0.4, 0.5) is 30.7 Å². The van der Waals surface area contributed by atoms with Crippen molar-refractivity contribution in [1.29, 1.82) is 0 Å². The second-order valence-electron chi connectivity index (χ2n) is 9.62. The second kappa shape index (κ2) is 9.92. The Kier molecular flexibility index (Phi) is 6.93. The molecule has 2 aromatic carbocycles. The number of hydrogen-bond donors (Lipinski definition) is 1. The number of benzene rings is 2. The van der Waals surface area contributed by atoms with Gasteiger partial charge in [-0.1, -0.05) is 30.3 Å². The second-order valence-corrected chi connectivity index (χ2v) is 9.62. The first-order valence-electron chi connectivity index (χ1n) is 12.1. The van der Waals surface area contributed by atoms with Crippen molar-refractivity contribution in [2.24, 2.45) is 0 Å². The van der Waals surface area contributed by atoms with E-state index in [1.54, 1.807) is 0 Å². The minimum atomic E-state index is -4.94. The molecule has 38 heavy (non-hydrogen) atoms. The third kappa shape index (κ3) is 5.13. The van der Waals surface area contributed by atoms with E-state index in [-0.39, 0.29) is 30.1 Å². The summed E-state index contributed by atoms with van der Waals surface area (Å²) in [5, 5.41) is 15.9. The Morgan fingerprint density at radius 2 is 1.66 bits per heavy atom. The average molecular weight is 543 g/mol. The monoisotopic (exact) mass is 543 g/mol. The van der Waals surface area contributed by atoms with Gasteiger partial charge in [-0.25, -0.2) is 4.39 Å². The number of nitrogens with zero attached hydrogens (tertiary/aromatic N) is 4. The maximum absolute atomic E-state index is 13.3. The molecule has 2 aliphatic rings. The molecule has 3 heterocycles. The van der Waals surface area contributed by atoms with Crippen molar-refractivity contribution in [3.8, 4) is 0 Å². The molecule has 1 N–H and O–H groups in total. The van der Waals surface area contributed by atoms with E-state index < -0.39 is 48.4 Å². The summed E-state index contributed by atoms with van der Waals surface area (Å²) in [5.74, 6) is 0.254. The molecule has 0 spiro atoms. The van der Waals surface area contributed by atoms with E-state index in [1.807, 2.05) is 30.3 Å². The smallest absolute Gasteiger partial charge is 0.371 e. The molecule has 4 unspecified atom stereocenters. The van der Waals surface area contributed by atoms with Gasteiger partial charge in [0.15, 0.2) is 5.82 Å².